The van der Waals surface area contributed by atoms with Gasteiger partial charge in [0, 0.05) is 12.8 Å². The van der Waals surface area contributed by atoms with Crippen LogP contribution in [0.15, 0.2) is 60.7 Å². The van der Waals surface area contributed by atoms with Gasteiger partial charge in [0.25, 0.3) is 0 Å². The highest BCUT2D eigenvalue weighted by Crippen LogP contribution is 2.32. The van der Waals surface area contributed by atoms with Crippen molar-refractivity contribution < 1.29 is 5.11 Å². The molecule has 0 radical (unpaired) electrons. The number of nitrogens with one attached hydrogen (secondary N) is 1. The minimum Gasteiger partial charge on any atom is -0.389 e. The van der Waals surface area contributed by atoms with Crippen LogP contribution in [0.25, 0.3) is 0 Å². The molecule has 1 heterocycles. The van der Waals surface area contributed by atoms with Gasteiger partial charge in [0.1, 0.15) is 0 Å². The predicted octanol–water partition coefficient (Wildman–Crippen LogP) is 3.20. The van der Waals surface area contributed by atoms with Crippen molar-refractivity contribution in [2.45, 2.75) is 31.3 Å². The van der Waals surface area contributed by atoms with Gasteiger partial charge in [-0.25, -0.2) is 0 Å². The molecular formula is C20H25NO. The van der Waals surface area contributed by atoms with E-state index >= 15 is 0 Å². The normalized spacial score (nSPS) is 16.6. The van der Waals surface area contributed by atoms with Crippen molar-refractivity contribution in [3.63, 3.8) is 0 Å². The lowest BCUT2D eigenvalue weighted by Crippen LogP contribution is -2.47. The summed E-state index contributed by atoms with van der Waals surface area (Å²) in [7, 11) is 0. The maximum absolute atomic E-state index is 11.5. The summed E-state index contributed by atoms with van der Waals surface area (Å²) in [6, 6.07) is 20.8. The van der Waals surface area contributed by atoms with Gasteiger partial charge in [-0.3, -0.25) is 0 Å². The van der Waals surface area contributed by atoms with Gasteiger partial charge in [-0.2, -0.15) is 0 Å². The Morgan fingerprint density at radius 1 is 0.818 bits per heavy atom. The third kappa shape index (κ3) is 3.76. The standard InChI is InChI=1S/C20H25NO/c22-20(19-11-13-21-14-12-19,15-17-7-3-1-4-8-17)16-18-9-5-2-6-10-18/h1-10,19,21-22H,11-16H2. The van der Waals surface area contributed by atoms with Gasteiger partial charge >= 0.3 is 0 Å². The first-order valence-corrected chi connectivity index (χ1v) is 8.27. The highest BCUT2D eigenvalue weighted by molar-refractivity contribution is 5.22. The van der Waals surface area contributed by atoms with Crippen molar-refractivity contribution in [2.75, 3.05) is 13.1 Å². The van der Waals surface area contributed by atoms with Crippen LogP contribution >= 0.6 is 0 Å². The van der Waals surface area contributed by atoms with Crippen molar-refractivity contribution in [3.8, 4) is 0 Å². The van der Waals surface area contributed by atoms with Crippen LogP contribution in [0.5, 0.6) is 0 Å². The molecule has 0 unspecified atom stereocenters. The summed E-state index contributed by atoms with van der Waals surface area (Å²) in [5, 5.41) is 14.9. The lowest BCUT2D eigenvalue weighted by Gasteiger charge is -2.39. The van der Waals surface area contributed by atoms with E-state index in [-0.39, 0.29) is 0 Å². The number of rotatable bonds is 5. The molecule has 2 aromatic carbocycles. The van der Waals surface area contributed by atoms with E-state index in [1.54, 1.807) is 0 Å². The van der Waals surface area contributed by atoms with E-state index < -0.39 is 5.60 Å². The SMILES string of the molecule is OC(Cc1ccccc1)(Cc1ccccc1)C1CCNCC1. The van der Waals surface area contributed by atoms with E-state index in [2.05, 4.69) is 53.8 Å². The minimum atomic E-state index is -0.662. The number of hydrogen-bond acceptors (Lipinski definition) is 2. The van der Waals surface area contributed by atoms with Gasteiger partial charge in [0.2, 0.25) is 0 Å². The van der Waals surface area contributed by atoms with Crippen LogP contribution in [-0.4, -0.2) is 23.8 Å². The molecule has 0 aromatic heterocycles. The van der Waals surface area contributed by atoms with E-state index in [1.165, 1.54) is 11.1 Å². The average molecular weight is 295 g/mol. The number of hydrogen-bond donors (Lipinski definition) is 2. The minimum absolute atomic E-state index is 0.356. The van der Waals surface area contributed by atoms with Crippen LogP contribution in [0.4, 0.5) is 0 Å². The Morgan fingerprint density at radius 3 is 1.73 bits per heavy atom. The van der Waals surface area contributed by atoms with Crippen molar-refractivity contribution >= 4 is 0 Å². The number of aliphatic hydroxyl groups is 1. The molecule has 2 nitrogen and oxygen atoms in total. The average Bonchev–Trinajstić information content (AvgIpc) is 2.57. The Morgan fingerprint density at radius 2 is 1.27 bits per heavy atom. The molecule has 0 amide bonds. The fraction of sp³-hybridized carbons (Fsp3) is 0.400. The molecule has 1 saturated heterocycles. The smallest absolute Gasteiger partial charge is 0.0757 e. The van der Waals surface area contributed by atoms with Crippen LogP contribution in [-0.2, 0) is 12.8 Å². The molecule has 0 bridgehead atoms. The fourth-order valence-electron chi connectivity index (χ4n) is 3.61. The summed E-state index contributed by atoms with van der Waals surface area (Å²) in [5.41, 5.74) is 1.78. The molecule has 1 aliphatic heterocycles. The summed E-state index contributed by atoms with van der Waals surface area (Å²) in [4.78, 5) is 0. The van der Waals surface area contributed by atoms with Crippen LogP contribution in [0, 0.1) is 5.92 Å². The molecule has 1 aliphatic rings. The largest absolute Gasteiger partial charge is 0.389 e. The zero-order valence-electron chi connectivity index (χ0n) is 13.0. The summed E-state index contributed by atoms with van der Waals surface area (Å²) >= 11 is 0. The molecule has 2 aromatic rings. The lowest BCUT2D eigenvalue weighted by molar-refractivity contribution is -0.0298. The summed E-state index contributed by atoms with van der Waals surface area (Å²) in [6.45, 7) is 2.02. The maximum atomic E-state index is 11.5. The highest BCUT2D eigenvalue weighted by atomic mass is 16.3. The van der Waals surface area contributed by atoms with Gasteiger partial charge < -0.3 is 10.4 Å². The molecule has 22 heavy (non-hydrogen) atoms. The van der Waals surface area contributed by atoms with E-state index in [9.17, 15) is 5.11 Å². The quantitative estimate of drug-likeness (QED) is 0.888. The molecular weight excluding hydrogens is 270 g/mol. The van der Waals surface area contributed by atoms with Crippen molar-refractivity contribution in [1.29, 1.82) is 0 Å². The van der Waals surface area contributed by atoms with Crippen molar-refractivity contribution in [3.05, 3.63) is 71.8 Å². The second-order valence-electron chi connectivity index (χ2n) is 6.45. The second-order valence-corrected chi connectivity index (χ2v) is 6.45. The van der Waals surface area contributed by atoms with Crippen LogP contribution in [0.1, 0.15) is 24.0 Å². The van der Waals surface area contributed by atoms with E-state index in [0.717, 1.165) is 38.8 Å². The maximum Gasteiger partial charge on any atom is 0.0757 e. The molecule has 3 rings (SSSR count). The molecule has 0 atom stereocenters. The third-order valence-electron chi connectivity index (χ3n) is 4.81. The van der Waals surface area contributed by atoms with Crippen LogP contribution < -0.4 is 5.32 Å². The van der Waals surface area contributed by atoms with Gasteiger partial charge in [-0.15, -0.1) is 0 Å². The van der Waals surface area contributed by atoms with Gasteiger partial charge in [0.15, 0.2) is 0 Å². The topological polar surface area (TPSA) is 32.3 Å². The Kier molecular flexibility index (Phi) is 4.91. The zero-order valence-corrected chi connectivity index (χ0v) is 13.0. The van der Waals surface area contributed by atoms with Crippen LogP contribution in [0.2, 0.25) is 0 Å². The van der Waals surface area contributed by atoms with E-state index in [4.69, 9.17) is 0 Å². The second kappa shape index (κ2) is 7.08. The first kappa shape index (κ1) is 15.3. The molecule has 1 fully saturated rings. The Bertz CT molecular complexity index is 519. The van der Waals surface area contributed by atoms with Gasteiger partial charge in [0.05, 0.1) is 5.60 Å². The Balaban J connectivity index is 1.83. The predicted molar refractivity (Wildman–Crippen MR) is 90.8 cm³/mol. The molecule has 0 aliphatic carbocycles. The molecule has 0 saturated carbocycles. The third-order valence-corrected chi connectivity index (χ3v) is 4.81. The monoisotopic (exact) mass is 295 g/mol. The van der Waals surface area contributed by atoms with E-state index in [0.29, 0.717) is 5.92 Å². The molecule has 2 N–H and O–H groups in total. The van der Waals surface area contributed by atoms with Gasteiger partial charge in [-0.05, 0) is 43.0 Å². The Labute approximate surface area is 133 Å². The summed E-state index contributed by atoms with van der Waals surface area (Å²) in [6.07, 6.45) is 3.56. The zero-order chi connectivity index (χ0) is 15.3. The Hall–Kier alpha value is -1.64. The number of piperidine rings is 1. The first-order valence-electron chi connectivity index (χ1n) is 8.27. The van der Waals surface area contributed by atoms with Gasteiger partial charge in [-0.1, -0.05) is 60.7 Å². The van der Waals surface area contributed by atoms with Crippen molar-refractivity contribution in [1.82, 2.24) is 5.32 Å². The first-order chi connectivity index (χ1) is 10.8. The summed E-state index contributed by atoms with van der Waals surface area (Å²) < 4.78 is 0. The van der Waals surface area contributed by atoms with Crippen molar-refractivity contribution in [2.24, 2.45) is 5.92 Å². The molecule has 0 spiro atoms. The van der Waals surface area contributed by atoms with E-state index in [1.807, 2.05) is 12.1 Å². The molecule has 116 valence electrons. The molecule has 2 heteroatoms. The summed E-state index contributed by atoms with van der Waals surface area (Å²) in [5.74, 6) is 0.356. The highest BCUT2D eigenvalue weighted by Gasteiger charge is 2.37. The number of benzene rings is 2. The van der Waals surface area contributed by atoms with Crippen LogP contribution in [0.3, 0.4) is 0 Å². The lowest BCUT2D eigenvalue weighted by atomic mass is 9.74. The fourth-order valence-corrected chi connectivity index (χ4v) is 3.61.